The molecule has 0 atom stereocenters. The van der Waals surface area contributed by atoms with Gasteiger partial charge in [-0.3, -0.25) is 0 Å². The van der Waals surface area contributed by atoms with Gasteiger partial charge in [0.2, 0.25) is 0 Å². The number of benzene rings is 1. The van der Waals surface area contributed by atoms with Crippen molar-refractivity contribution >= 4 is 15.5 Å². The standard InChI is InChI=1S/C15H22N2O2S/c1-15(2,12-16)10-4-5-11-17-13-6-8-14(9-7-13)20(3,18)19/h6-9,17H,4-5,10-11H2,1-3H3. The van der Waals surface area contributed by atoms with Gasteiger partial charge in [-0.25, -0.2) is 8.42 Å². The molecule has 1 N–H and O–H groups in total. The number of rotatable bonds is 7. The molecule has 1 rings (SSSR count). The fourth-order valence-corrected chi connectivity index (χ4v) is 2.43. The largest absolute Gasteiger partial charge is 0.385 e. The Kier molecular flexibility index (Phi) is 5.58. The predicted molar refractivity (Wildman–Crippen MR) is 81.3 cm³/mol. The summed E-state index contributed by atoms with van der Waals surface area (Å²) in [6.45, 7) is 4.72. The Hall–Kier alpha value is -1.54. The molecule has 0 aliphatic carbocycles. The zero-order chi connectivity index (χ0) is 15.2. The van der Waals surface area contributed by atoms with E-state index >= 15 is 0 Å². The zero-order valence-electron chi connectivity index (χ0n) is 12.3. The van der Waals surface area contributed by atoms with Crippen LogP contribution in [0.1, 0.15) is 33.1 Å². The second-order valence-corrected chi connectivity index (χ2v) is 7.69. The van der Waals surface area contributed by atoms with Crippen molar-refractivity contribution in [3.8, 4) is 6.07 Å². The van der Waals surface area contributed by atoms with Crippen LogP contribution in [0.4, 0.5) is 5.69 Å². The summed E-state index contributed by atoms with van der Waals surface area (Å²) in [5.41, 5.74) is 0.661. The first-order chi connectivity index (χ1) is 9.24. The van der Waals surface area contributed by atoms with E-state index in [0.29, 0.717) is 4.90 Å². The van der Waals surface area contributed by atoms with E-state index in [1.54, 1.807) is 24.3 Å². The highest BCUT2D eigenvalue weighted by atomic mass is 32.2. The Bertz CT molecular complexity index is 569. The van der Waals surface area contributed by atoms with Gasteiger partial charge in [-0.2, -0.15) is 5.26 Å². The zero-order valence-corrected chi connectivity index (χ0v) is 13.1. The lowest BCUT2D eigenvalue weighted by Crippen LogP contribution is -2.09. The molecule has 0 heterocycles. The monoisotopic (exact) mass is 294 g/mol. The maximum Gasteiger partial charge on any atom is 0.175 e. The first-order valence-corrected chi connectivity index (χ1v) is 8.59. The Balaban J connectivity index is 2.35. The summed E-state index contributed by atoms with van der Waals surface area (Å²) in [5, 5.41) is 12.2. The third kappa shape index (κ3) is 5.62. The molecule has 0 aliphatic heterocycles. The Morgan fingerprint density at radius 1 is 1.20 bits per heavy atom. The van der Waals surface area contributed by atoms with Crippen LogP contribution in [-0.2, 0) is 9.84 Å². The number of hydrogen-bond donors (Lipinski definition) is 1. The second kappa shape index (κ2) is 6.76. The van der Waals surface area contributed by atoms with Crippen molar-refractivity contribution in [2.75, 3.05) is 18.1 Å². The molecule has 0 saturated carbocycles. The highest BCUT2D eigenvalue weighted by molar-refractivity contribution is 7.90. The quantitative estimate of drug-likeness (QED) is 0.784. The summed E-state index contributed by atoms with van der Waals surface area (Å²) in [6.07, 6.45) is 4.07. The van der Waals surface area contributed by atoms with Gasteiger partial charge in [0.1, 0.15) is 0 Å². The second-order valence-electron chi connectivity index (χ2n) is 5.68. The van der Waals surface area contributed by atoms with Crippen LogP contribution in [0.3, 0.4) is 0 Å². The molecule has 1 aromatic rings. The minimum atomic E-state index is -3.13. The minimum Gasteiger partial charge on any atom is -0.385 e. The first kappa shape index (κ1) is 16.5. The summed E-state index contributed by atoms with van der Waals surface area (Å²) in [6, 6.07) is 9.05. The number of unbranched alkanes of at least 4 members (excludes halogenated alkanes) is 1. The molecular weight excluding hydrogens is 272 g/mol. The molecule has 0 aliphatic rings. The van der Waals surface area contributed by atoms with Gasteiger partial charge in [0.25, 0.3) is 0 Å². The molecule has 20 heavy (non-hydrogen) atoms. The van der Waals surface area contributed by atoms with E-state index in [2.05, 4.69) is 11.4 Å². The lowest BCUT2D eigenvalue weighted by Gasteiger charge is -2.14. The van der Waals surface area contributed by atoms with E-state index in [-0.39, 0.29) is 5.41 Å². The van der Waals surface area contributed by atoms with E-state index < -0.39 is 9.84 Å². The normalized spacial score (nSPS) is 11.9. The van der Waals surface area contributed by atoms with Gasteiger partial charge in [-0.05, 0) is 51.0 Å². The van der Waals surface area contributed by atoms with Crippen LogP contribution >= 0.6 is 0 Å². The Morgan fingerprint density at radius 2 is 1.80 bits per heavy atom. The first-order valence-electron chi connectivity index (χ1n) is 6.70. The molecule has 0 saturated heterocycles. The van der Waals surface area contributed by atoms with Gasteiger partial charge in [0.05, 0.1) is 16.4 Å². The molecule has 0 fully saturated rings. The summed E-state index contributed by atoms with van der Waals surface area (Å²) < 4.78 is 22.6. The number of hydrogen-bond acceptors (Lipinski definition) is 4. The van der Waals surface area contributed by atoms with Crippen LogP contribution in [0.25, 0.3) is 0 Å². The van der Waals surface area contributed by atoms with Crippen LogP contribution in [0.15, 0.2) is 29.2 Å². The molecule has 1 aromatic carbocycles. The van der Waals surface area contributed by atoms with Gasteiger partial charge in [0.15, 0.2) is 9.84 Å². The number of sulfone groups is 1. The molecule has 0 spiro atoms. The Morgan fingerprint density at radius 3 is 2.30 bits per heavy atom. The van der Waals surface area contributed by atoms with E-state index in [9.17, 15) is 8.42 Å². The molecule has 0 bridgehead atoms. The summed E-state index contributed by atoms with van der Waals surface area (Å²) in [5.74, 6) is 0. The smallest absolute Gasteiger partial charge is 0.175 e. The highest BCUT2D eigenvalue weighted by Crippen LogP contribution is 2.21. The van der Waals surface area contributed by atoms with Crippen molar-refractivity contribution in [1.82, 2.24) is 0 Å². The number of nitrogens with one attached hydrogen (secondary N) is 1. The molecule has 0 radical (unpaired) electrons. The van der Waals surface area contributed by atoms with Crippen molar-refractivity contribution in [3.63, 3.8) is 0 Å². The van der Waals surface area contributed by atoms with Gasteiger partial charge >= 0.3 is 0 Å². The minimum absolute atomic E-state index is 0.253. The highest BCUT2D eigenvalue weighted by Gasteiger charge is 2.15. The summed E-state index contributed by atoms with van der Waals surface area (Å²) in [7, 11) is -3.13. The van der Waals surface area contributed by atoms with Crippen LogP contribution < -0.4 is 5.32 Å². The lowest BCUT2D eigenvalue weighted by molar-refractivity contribution is 0.430. The molecule has 110 valence electrons. The lowest BCUT2D eigenvalue weighted by atomic mass is 9.89. The number of nitriles is 1. The average Bonchev–Trinajstić information content (AvgIpc) is 2.38. The molecule has 0 amide bonds. The number of anilines is 1. The molecular formula is C15H22N2O2S. The SMILES string of the molecule is CC(C)(C#N)CCCCNc1ccc(S(C)(=O)=O)cc1. The van der Waals surface area contributed by atoms with Gasteiger partial charge in [-0.1, -0.05) is 6.42 Å². The predicted octanol–water partition coefficient (Wildman–Crippen LogP) is 3.22. The molecule has 0 aromatic heterocycles. The molecule has 0 unspecified atom stereocenters. The summed E-state index contributed by atoms with van der Waals surface area (Å²) in [4.78, 5) is 0.332. The van der Waals surface area contributed by atoms with Gasteiger partial charge in [-0.15, -0.1) is 0 Å². The fourth-order valence-electron chi connectivity index (χ4n) is 1.80. The summed E-state index contributed by atoms with van der Waals surface area (Å²) >= 11 is 0. The van der Waals surface area contributed by atoms with E-state index in [0.717, 1.165) is 31.5 Å². The third-order valence-electron chi connectivity index (χ3n) is 3.14. The maximum absolute atomic E-state index is 11.3. The van der Waals surface area contributed by atoms with Crippen LogP contribution in [0, 0.1) is 16.7 Å². The van der Waals surface area contributed by atoms with Crippen molar-refractivity contribution in [2.24, 2.45) is 5.41 Å². The maximum atomic E-state index is 11.3. The Labute approximate surface area is 121 Å². The van der Waals surface area contributed by atoms with E-state index in [1.807, 2.05) is 13.8 Å². The molecule has 5 heteroatoms. The van der Waals surface area contributed by atoms with Gasteiger partial charge < -0.3 is 5.32 Å². The van der Waals surface area contributed by atoms with Crippen LogP contribution in [0.5, 0.6) is 0 Å². The van der Waals surface area contributed by atoms with E-state index in [1.165, 1.54) is 6.26 Å². The van der Waals surface area contributed by atoms with Gasteiger partial charge in [0, 0.05) is 18.5 Å². The topological polar surface area (TPSA) is 70.0 Å². The molecule has 4 nitrogen and oxygen atoms in total. The van der Waals surface area contributed by atoms with Crippen molar-refractivity contribution < 1.29 is 8.42 Å². The van der Waals surface area contributed by atoms with Crippen molar-refractivity contribution in [2.45, 2.75) is 38.0 Å². The van der Waals surface area contributed by atoms with Crippen LogP contribution in [-0.4, -0.2) is 21.2 Å². The van der Waals surface area contributed by atoms with Crippen molar-refractivity contribution in [1.29, 1.82) is 5.26 Å². The average molecular weight is 294 g/mol. The van der Waals surface area contributed by atoms with Crippen molar-refractivity contribution in [3.05, 3.63) is 24.3 Å². The fraction of sp³-hybridized carbons (Fsp3) is 0.533. The van der Waals surface area contributed by atoms with E-state index in [4.69, 9.17) is 5.26 Å². The third-order valence-corrected chi connectivity index (χ3v) is 4.27. The number of nitrogens with zero attached hydrogens (tertiary/aromatic N) is 1. The van der Waals surface area contributed by atoms with Crippen LogP contribution in [0.2, 0.25) is 0 Å².